The maximum absolute atomic E-state index is 12.3. The van der Waals surface area contributed by atoms with Crippen LogP contribution in [-0.4, -0.2) is 27.5 Å². The molecule has 1 aliphatic carbocycles. The van der Waals surface area contributed by atoms with Gasteiger partial charge in [-0.1, -0.05) is 12.1 Å². The zero-order chi connectivity index (χ0) is 17.9. The first-order chi connectivity index (χ1) is 12.7. The van der Waals surface area contributed by atoms with Crippen molar-refractivity contribution < 1.29 is 0 Å². The van der Waals surface area contributed by atoms with Crippen LogP contribution >= 0.6 is 0 Å². The van der Waals surface area contributed by atoms with Gasteiger partial charge in [-0.3, -0.25) is 14.3 Å². The van der Waals surface area contributed by atoms with Crippen molar-refractivity contribution in [1.82, 2.24) is 14.5 Å². The van der Waals surface area contributed by atoms with Gasteiger partial charge in [0.1, 0.15) is 0 Å². The van der Waals surface area contributed by atoms with E-state index in [-0.39, 0.29) is 5.56 Å². The average molecular weight is 348 g/mol. The third kappa shape index (κ3) is 4.03. The van der Waals surface area contributed by atoms with E-state index in [9.17, 15) is 4.79 Å². The van der Waals surface area contributed by atoms with Crippen LogP contribution in [-0.2, 0) is 13.1 Å². The Morgan fingerprint density at radius 3 is 2.46 bits per heavy atom. The lowest BCUT2D eigenvalue weighted by molar-refractivity contribution is 0.166. The highest BCUT2D eigenvalue weighted by atomic mass is 16.1. The van der Waals surface area contributed by atoms with Crippen molar-refractivity contribution in [1.29, 1.82) is 5.26 Å². The molecule has 1 saturated carbocycles. The minimum absolute atomic E-state index is 0.0990. The lowest BCUT2D eigenvalue weighted by atomic mass is 9.96. The molecule has 1 saturated heterocycles. The standard InChI is InChI=1S/C21H24N4O/c22-12-16-1-3-17(4-2-16)13-24-9-7-18(8-10-24)14-25-15-23-20(11-21(25)26)19-5-6-19/h1-4,11,15,18-19H,5-10,13-14H2. The van der Waals surface area contributed by atoms with Crippen LogP contribution in [0.2, 0.25) is 0 Å². The number of nitrogens with zero attached hydrogens (tertiary/aromatic N) is 4. The first kappa shape index (κ1) is 17.0. The molecule has 0 amide bonds. The van der Waals surface area contributed by atoms with Gasteiger partial charge in [0.25, 0.3) is 5.56 Å². The number of aromatic nitrogens is 2. The first-order valence-corrected chi connectivity index (χ1v) is 9.49. The van der Waals surface area contributed by atoms with E-state index in [1.54, 1.807) is 17.0 Å². The van der Waals surface area contributed by atoms with E-state index < -0.39 is 0 Å². The second-order valence-electron chi connectivity index (χ2n) is 7.61. The van der Waals surface area contributed by atoms with Crippen molar-refractivity contribution in [3.8, 4) is 6.07 Å². The lowest BCUT2D eigenvalue weighted by Crippen LogP contribution is -2.36. The van der Waals surface area contributed by atoms with Crippen LogP contribution in [0.4, 0.5) is 0 Å². The van der Waals surface area contributed by atoms with E-state index in [2.05, 4.69) is 16.0 Å². The molecule has 1 aromatic carbocycles. The summed E-state index contributed by atoms with van der Waals surface area (Å²) < 4.78 is 1.78. The Balaban J connectivity index is 1.29. The number of piperidine rings is 1. The van der Waals surface area contributed by atoms with Gasteiger partial charge in [0.05, 0.1) is 23.7 Å². The zero-order valence-corrected chi connectivity index (χ0v) is 15.0. The predicted octanol–water partition coefficient (Wildman–Crippen LogP) is 2.90. The van der Waals surface area contributed by atoms with Crippen molar-refractivity contribution in [3.05, 3.63) is 63.8 Å². The zero-order valence-electron chi connectivity index (χ0n) is 15.0. The quantitative estimate of drug-likeness (QED) is 0.833. The van der Waals surface area contributed by atoms with Gasteiger partial charge in [-0.15, -0.1) is 0 Å². The topological polar surface area (TPSA) is 61.9 Å². The molecule has 2 aromatic rings. The fourth-order valence-electron chi connectivity index (χ4n) is 3.73. The van der Waals surface area contributed by atoms with Crippen molar-refractivity contribution in [2.45, 2.75) is 44.7 Å². The van der Waals surface area contributed by atoms with Crippen LogP contribution in [0.25, 0.3) is 0 Å². The third-order valence-corrected chi connectivity index (χ3v) is 5.55. The van der Waals surface area contributed by atoms with Crippen molar-refractivity contribution in [2.24, 2.45) is 5.92 Å². The Labute approximate surface area is 153 Å². The molecule has 0 N–H and O–H groups in total. The average Bonchev–Trinajstić information content (AvgIpc) is 3.51. The number of rotatable bonds is 5. The van der Waals surface area contributed by atoms with E-state index in [0.29, 0.717) is 17.4 Å². The molecule has 1 aromatic heterocycles. The molecule has 2 aliphatic rings. The second-order valence-corrected chi connectivity index (χ2v) is 7.61. The summed E-state index contributed by atoms with van der Waals surface area (Å²) in [6.07, 6.45) is 6.31. The molecule has 0 bridgehead atoms. The number of hydrogen-bond donors (Lipinski definition) is 0. The maximum Gasteiger partial charge on any atom is 0.253 e. The van der Waals surface area contributed by atoms with E-state index in [1.807, 2.05) is 24.3 Å². The van der Waals surface area contributed by atoms with Crippen LogP contribution in [0.3, 0.4) is 0 Å². The molecule has 26 heavy (non-hydrogen) atoms. The van der Waals surface area contributed by atoms with Crippen LogP contribution in [0, 0.1) is 17.2 Å². The van der Waals surface area contributed by atoms with Crippen molar-refractivity contribution in [3.63, 3.8) is 0 Å². The molecule has 0 atom stereocenters. The molecule has 134 valence electrons. The Morgan fingerprint density at radius 1 is 1.12 bits per heavy atom. The van der Waals surface area contributed by atoms with Gasteiger partial charge in [-0.2, -0.15) is 5.26 Å². The monoisotopic (exact) mass is 348 g/mol. The Kier molecular flexibility index (Phi) is 4.85. The first-order valence-electron chi connectivity index (χ1n) is 9.49. The van der Waals surface area contributed by atoms with Crippen LogP contribution in [0.15, 0.2) is 41.5 Å². The Morgan fingerprint density at radius 2 is 1.85 bits per heavy atom. The van der Waals surface area contributed by atoms with Gasteiger partial charge in [-0.05, 0) is 62.4 Å². The fourth-order valence-corrected chi connectivity index (χ4v) is 3.73. The van der Waals surface area contributed by atoms with E-state index in [4.69, 9.17) is 5.26 Å². The highest BCUT2D eigenvalue weighted by Crippen LogP contribution is 2.38. The third-order valence-electron chi connectivity index (χ3n) is 5.55. The summed E-state index contributed by atoms with van der Waals surface area (Å²) in [6.45, 7) is 3.80. The van der Waals surface area contributed by atoms with E-state index >= 15 is 0 Å². The molecular formula is C21H24N4O. The number of likely N-dealkylation sites (tertiary alicyclic amines) is 1. The molecule has 4 rings (SSSR count). The van der Waals surface area contributed by atoms with Gasteiger partial charge in [0.2, 0.25) is 0 Å². The van der Waals surface area contributed by atoms with Crippen molar-refractivity contribution >= 4 is 0 Å². The molecule has 2 fully saturated rings. The molecule has 1 aliphatic heterocycles. The summed E-state index contributed by atoms with van der Waals surface area (Å²) in [5, 5.41) is 8.88. The Bertz CT molecular complexity index is 853. The SMILES string of the molecule is N#Cc1ccc(CN2CCC(Cn3cnc(C4CC4)cc3=O)CC2)cc1. The fraction of sp³-hybridized carbons (Fsp3) is 0.476. The largest absolute Gasteiger partial charge is 0.299 e. The summed E-state index contributed by atoms with van der Waals surface area (Å²) in [7, 11) is 0. The Hall–Kier alpha value is -2.45. The highest BCUT2D eigenvalue weighted by Gasteiger charge is 2.26. The van der Waals surface area contributed by atoms with Crippen molar-refractivity contribution in [2.75, 3.05) is 13.1 Å². The highest BCUT2D eigenvalue weighted by molar-refractivity contribution is 5.31. The summed E-state index contributed by atoms with van der Waals surface area (Å²) in [5.41, 5.74) is 3.03. The minimum atomic E-state index is 0.0990. The van der Waals surface area contributed by atoms with Crippen LogP contribution < -0.4 is 5.56 Å². The van der Waals surface area contributed by atoms with Gasteiger partial charge in [-0.25, -0.2) is 4.98 Å². The van der Waals surface area contributed by atoms with Crippen LogP contribution in [0.1, 0.15) is 48.4 Å². The van der Waals surface area contributed by atoms with Gasteiger partial charge in [0.15, 0.2) is 0 Å². The molecule has 5 heteroatoms. The van der Waals surface area contributed by atoms with E-state index in [0.717, 1.165) is 44.7 Å². The number of nitriles is 1. The molecular weight excluding hydrogens is 324 g/mol. The molecule has 0 spiro atoms. The number of hydrogen-bond acceptors (Lipinski definition) is 4. The van der Waals surface area contributed by atoms with Gasteiger partial charge < -0.3 is 0 Å². The summed E-state index contributed by atoms with van der Waals surface area (Å²) >= 11 is 0. The lowest BCUT2D eigenvalue weighted by Gasteiger charge is -2.32. The molecule has 5 nitrogen and oxygen atoms in total. The molecule has 0 unspecified atom stereocenters. The summed E-state index contributed by atoms with van der Waals surface area (Å²) in [6, 6.07) is 11.7. The minimum Gasteiger partial charge on any atom is -0.299 e. The molecule has 0 radical (unpaired) electrons. The second kappa shape index (κ2) is 7.43. The smallest absolute Gasteiger partial charge is 0.253 e. The predicted molar refractivity (Wildman–Crippen MR) is 99.6 cm³/mol. The normalized spacial score (nSPS) is 18.6. The van der Waals surface area contributed by atoms with E-state index in [1.165, 1.54) is 18.4 Å². The van der Waals surface area contributed by atoms with Crippen LogP contribution in [0.5, 0.6) is 0 Å². The van der Waals surface area contributed by atoms with Gasteiger partial charge in [0, 0.05) is 25.1 Å². The molecule has 2 heterocycles. The maximum atomic E-state index is 12.3. The van der Waals surface area contributed by atoms with Gasteiger partial charge >= 0.3 is 0 Å². The number of benzene rings is 1. The summed E-state index contributed by atoms with van der Waals surface area (Å²) in [5.74, 6) is 1.07. The summed E-state index contributed by atoms with van der Waals surface area (Å²) in [4.78, 5) is 19.2.